The first-order chi connectivity index (χ1) is 12.4. The molecule has 0 saturated carbocycles. The van der Waals surface area contributed by atoms with Gasteiger partial charge in [-0.1, -0.05) is 18.1 Å². The van der Waals surface area contributed by atoms with Crippen molar-refractivity contribution in [3.05, 3.63) is 47.3 Å². The highest BCUT2D eigenvalue weighted by molar-refractivity contribution is 6.07. The second kappa shape index (κ2) is 6.01. The van der Waals surface area contributed by atoms with Gasteiger partial charge in [-0.15, -0.1) is 0 Å². The van der Waals surface area contributed by atoms with E-state index in [0.717, 1.165) is 10.9 Å². The quantitative estimate of drug-likeness (QED) is 0.741. The van der Waals surface area contributed by atoms with E-state index in [9.17, 15) is 9.59 Å². The molecule has 7 heteroatoms. The fourth-order valence-electron chi connectivity index (χ4n) is 3.36. The summed E-state index contributed by atoms with van der Waals surface area (Å²) >= 11 is 0. The molecule has 0 spiro atoms. The summed E-state index contributed by atoms with van der Waals surface area (Å²) in [5.74, 6) is 0.937. The molecule has 2 atom stereocenters. The van der Waals surface area contributed by atoms with Crippen molar-refractivity contribution < 1.29 is 14.1 Å². The van der Waals surface area contributed by atoms with Crippen molar-refractivity contribution in [1.29, 1.82) is 0 Å². The molecular weight excluding hydrogens is 332 g/mol. The first kappa shape index (κ1) is 16.4. The van der Waals surface area contributed by atoms with Crippen molar-refractivity contribution in [3.8, 4) is 0 Å². The van der Waals surface area contributed by atoms with Gasteiger partial charge in [0, 0.05) is 35.1 Å². The number of aryl methyl sites for hydroxylation is 1. The second-order valence-electron chi connectivity index (χ2n) is 6.88. The van der Waals surface area contributed by atoms with Gasteiger partial charge >= 0.3 is 0 Å². The Labute approximate surface area is 150 Å². The molecule has 26 heavy (non-hydrogen) atoms. The number of fused-ring (bicyclic) bond motifs is 3. The Balaban J connectivity index is 1.76. The SMILES string of the molecule is Cc1cc(NC(=O)c2ccc3cc4n(c3c2)C(C)[C@H](C)CNC4=O)no1. The molecule has 0 aliphatic carbocycles. The van der Waals surface area contributed by atoms with E-state index < -0.39 is 0 Å². The van der Waals surface area contributed by atoms with Crippen molar-refractivity contribution in [3.63, 3.8) is 0 Å². The Morgan fingerprint density at radius 1 is 1.31 bits per heavy atom. The van der Waals surface area contributed by atoms with E-state index in [4.69, 9.17) is 4.52 Å². The van der Waals surface area contributed by atoms with Gasteiger partial charge < -0.3 is 19.7 Å². The highest BCUT2D eigenvalue weighted by Crippen LogP contribution is 2.30. The zero-order chi connectivity index (χ0) is 18.4. The smallest absolute Gasteiger partial charge is 0.267 e. The van der Waals surface area contributed by atoms with Gasteiger partial charge in [0.1, 0.15) is 11.5 Å². The molecule has 0 bridgehead atoms. The maximum Gasteiger partial charge on any atom is 0.267 e. The number of rotatable bonds is 2. The van der Waals surface area contributed by atoms with Crippen LogP contribution in [0.15, 0.2) is 34.9 Å². The molecule has 7 nitrogen and oxygen atoms in total. The van der Waals surface area contributed by atoms with Crippen molar-refractivity contribution in [1.82, 2.24) is 15.0 Å². The summed E-state index contributed by atoms with van der Waals surface area (Å²) in [7, 11) is 0. The summed E-state index contributed by atoms with van der Waals surface area (Å²) < 4.78 is 7.00. The molecular formula is C19H20N4O3. The lowest BCUT2D eigenvalue weighted by Gasteiger charge is -2.20. The van der Waals surface area contributed by atoms with Crippen LogP contribution in [-0.4, -0.2) is 28.1 Å². The highest BCUT2D eigenvalue weighted by Gasteiger charge is 2.27. The van der Waals surface area contributed by atoms with Crippen molar-refractivity contribution in [2.45, 2.75) is 26.8 Å². The van der Waals surface area contributed by atoms with Crippen LogP contribution in [0, 0.1) is 12.8 Å². The Kier molecular flexibility index (Phi) is 3.79. The number of nitrogens with zero attached hydrogens (tertiary/aromatic N) is 2. The van der Waals surface area contributed by atoms with Crippen LogP contribution in [0.5, 0.6) is 0 Å². The zero-order valence-corrected chi connectivity index (χ0v) is 14.9. The van der Waals surface area contributed by atoms with Crippen molar-refractivity contribution in [2.75, 3.05) is 11.9 Å². The standard InChI is InChI=1S/C19H20N4O3/c1-10-9-20-19(25)16-7-13-4-5-14(8-15(13)23(16)12(10)3)18(24)21-17-6-11(2)26-22-17/h4-8,10,12H,9H2,1-3H3,(H,20,25)(H,21,22,24)/t10-,12?/m1/s1. The summed E-state index contributed by atoms with van der Waals surface area (Å²) in [6.45, 7) is 6.60. The van der Waals surface area contributed by atoms with E-state index in [1.54, 1.807) is 19.1 Å². The minimum absolute atomic E-state index is 0.0820. The molecule has 2 aromatic heterocycles. The van der Waals surface area contributed by atoms with Crippen molar-refractivity contribution >= 4 is 28.5 Å². The Hall–Kier alpha value is -3.09. The van der Waals surface area contributed by atoms with Crippen LogP contribution in [0.4, 0.5) is 5.82 Å². The minimum atomic E-state index is -0.269. The van der Waals surface area contributed by atoms with Crippen LogP contribution >= 0.6 is 0 Å². The number of hydrogen-bond donors (Lipinski definition) is 2. The van der Waals surface area contributed by atoms with E-state index in [1.807, 2.05) is 22.8 Å². The van der Waals surface area contributed by atoms with Crippen LogP contribution in [0.25, 0.3) is 10.9 Å². The third kappa shape index (κ3) is 2.65. The number of hydrogen-bond acceptors (Lipinski definition) is 4. The number of amides is 2. The van der Waals surface area contributed by atoms with E-state index in [2.05, 4.69) is 29.6 Å². The normalized spacial score (nSPS) is 19.7. The Morgan fingerprint density at radius 2 is 2.12 bits per heavy atom. The first-order valence-electron chi connectivity index (χ1n) is 8.62. The van der Waals surface area contributed by atoms with E-state index in [1.165, 1.54) is 0 Å². The monoisotopic (exact) mass is 352 g/mol. The number of carbonyl (C=O) groups excluding carboxylic acids is 2. The molecule has 0 saturated heterocycles. The van der Waals surface area contributed by atoms with Gasteiger partial charge in [-0.3, -0.25) is 9.59 Å². The van der Waals surface area contributed by atoms with Crippen LogP contribution in [0.3, 0.4) is 0 Å². The molecule has 3 aromatic rings. The maximum atomic E-state index is 12.6. The fraction of sp³-hybridized carbons (Fsp3) is 0.316. The van der Waals surface area contributed by atoms with Gasteiger partial charge in [-0.2, -0.15) is 0 Å². The van der Waals surface area contributed by atoms with Crippen LogP contribution in [0.1, 0.15) is 46.5 Å². The fourth-order valence-corrected chi connectivity index (χ4v) is 3.36. The van der Waals surface area contributed by atoms with E-state index in [-0.39, 0.29) is 23.8 Å². The first-order valence-corrected chi connectivity index (χ1v) is 8.62. The number of anilines is 1. The highest BCUT2D eigenvalue weighted by atomic mass is 16.5. The Morgan fingerprint density at radius 3 is 2.85 bits per heavy atom. The summed E-state index contributed by atoms with van der Waals surface area (Å²) in [5.41, 5.74) is 2.01. The number of benzene rings is 1. The summed E-state index contributed by atoms with van der Waals surface area (Å²) in [6.07, 6.45) is 0. The van der Waals surface area contributed by atoms with Gasteiger partial charge in [0.25, 0.3) is 11.8 Å². The molecule has 2 N–H and O–H groups in total. The van der Waals surface area contributed by atoms with Gasteiger partial charge in [-0.25, -0.2) is 0 Å². The number of nitrogens with one attached hydrogen (secondary N) is 2. The maximum absolute atomic E-state index is 12.6. The molecule has 1 aromatic carbocycles. The van der Waals surface area contributed by atoms with Crippen LogP contribution in [-0.2, 0) is 0 Å². The molecule has 0 radical (unpaired) electrons. The van der Waals surface area contributed by atoms with Crippen molar-refractivity contribution in [2.24, 2.45) is 5.92 Å². The average molecular weight is 352 g/mol. The lowest BCUT2D eigenvalue weighted by atomic mass is 10.0. The number of carbonyl (C=O) groups is 2. The second-order valence-corrected chi connectivity index (χ2v) is 6.88. The van der Waals surface area contributed by atoms with Gasteiger partial charge in [-0.05, 0) is 38.0 Å². The molecule has 4 rings (SSSR count). The van der Waals surface area contributed by atoms with Gasteiger partial charge in [0.05, 0.1) is 0 Å². The third-order valence-electron chi connectivity index (χ3n) is 5.02. The molecule has 2 amide bonds. The Bertz CT molecular complexity index is 1020. The van der Waals surface area contributed by atoms with Gasteiger partial charge in [0.15, 0.2) is 5.82 Å². The summed E-state index contributed by atoms with van der Waals surface area (Å²) in [6, 6.07) is 9.11. The van der Waals surface area contributed by atoms with Crippen LogP contribution < -0.4 is 10.6 Å². The summed E-state index contributed by atoms with van der Waals surface area (Å²) in [4.78, 5) is 25.0. The predicted octanol–water partition coefficient (Wildman–Crippen LogP) is 3.13. The number of aromatic nitrogens is 2. The average Bonchev–Trinajstić information content (AvgIpc) is 3.18. The summed E-state index contributed by atoms with van der Waals surface area (Å²) in [5, 5.41) is 10.4. The third-order valence-corrected chi connectivity index (χ3v) is 5.02. The molecule has 1 unspecified atom stereocenters. The minimum Gasteiger partial charge on any atom is -0.360 e. The topological polar surface area (TPSA) is 89.2 Å². The largest absolute Gasteiger partial charge is 0.360 e. The lowest BCUT2D eigenvalue weighted by molar-refractivity contribution is 0.0948. The molecule has 0 fully saturated rings. The lowest BCUT2D eigenvalue weighted by Crippen LogP contribution is -2.26. The van der Waals surface area contributed by atoms with Gasteiger partial charge in [0.2, 0.25) is 0 Å². The molecule has 134 valence electrons. The van der Waals surface area contributed by atoms with E-state index >= 15 is 0 Å². The van der Waals surface area contributed by atoms with Crippen LogP contribution in [0.2, 0.25) is 0 Å². The molecule has 3 heterocycles. The zero-order valence-electron chi connectivity index (χ0n) is 14.9. The predicted molar refractivity (Wildman–Crippen MR) is 97.3 cm³/mol. The van der Waals surface area contributed by atoms with E-state index in [0.29, 0.717) is 29.4 Å². The molecule has 1 aliphatic heterocycles. The molecule has 1 aliphatic rings.